The van der Waals surface area contributed by atoms with E-state index in [1.54, 1.807) is 6.33 Å². The van der Waals surface area contributed by atoms with E-state index in [1.807, 2.05) is 11.5 Å². The normalized spacial score (nSPS) is 33.8. The lowest BCUT2D eigenvalue weighted by atomic mass is 10.0. The number of hydrogen-bond donors (Lipinski definition) is 3. The van der Waals surface area contributed by atoms with Crippen LogP contribution in [0.5, 0.6) is 0 Å². The van der Waals surface area contributed by atoms with Gasteiger partial charge in [-0.25, -0.2) is 9.98 Å². The summed E-state index contributed by atoms with van der Waals surface area (Å²) in [5.41, 5.74) is 6.68. The fourth-order valence-corrected chi connectivity index (χ4v) is 2.68. The monoisotopic (exact) mass is 265 g/mol. The molecule has 19 heavy (non-hydrogen) atoms. The molecule has 0 aromatic carbocycles. The molecule has 1 saturated heterocycles. The van der Waals surface area contributed by atoms with E-state index in [0.29, 0.717) is 5.92 Å². The number of ether oxygens (including phenoxy) is 1. The van der Waals surface area contributed by atoms with E-state index in [1.165, 1.54) is 0 Å². The molecule has 0 radical (unpaired) electrons. The molecule has 7 nitrogen and oxygen atoms in total. The molecule has 3 rings (SSSR count). The molecule has 2 aliphatic rings. The molecule has 0 aliphatic carbocycles. The van der Waals surface area contributed by atoms with E-state index in [4.69, 9.17) is 10.5 Å². The molecule has 3 heterocycles. The third-order valence-electron chi connectivity index (χ3n) is 3.76. The van der Waals surface area contributed by atoms with Crippen molar-refractivity contribution in [2.75, 3.05) is 11.9 Å². The smallest absolute Gasteiger partial charge is 0.145 e. The van der Waals surface area contributed by atoms with Gasteiger partial charge in [-0.2, -0.15) is 0 Å². The van der Waals surface area contributed by atoms with Gasteiger partial charge in [-0.1, -0.05) is 6.92 Å². The van der Waals surface area contributed by atoms with E-state index in [9.17, 15) is 5.11 Å². The maximum absolute atomic E-state index is 9.27. The molecular weight excluding hydrogens is 246 g/mol. The Morgan fingerprint density at radius 2 is 2.42 bits per heavy atom. The van der Waals surface area contributed by atoms with Crippen molar-refractivity contribution in [3.8, 4) is 0 Å². The third-order valence-corrected chi connectivity index (χ3v) is 3.76. The first kappa shape index (κ1) is 12.6. The lowest BCUT2D eigenvalue weighted by Crippen LogP contribution is -2.24. The largest absolute Gasteiger partial charge is 0.394 e. The molecule has 4 N–H and O–H groups in total. The molecule has 2 aliphatic heterocycles. The summed E-state index contributed by atoms with van der Waals surface area (Å²) in [4.78, 5) is 8.56. The van der Waals surface area contributed by atoms with Crippen LogP contribution < -0.4 is 11.1 Å². The SMILES string of the molecule is CC1=NC(N)c2ncn([C@@H]3CC(C)[C@@H](CO)O3)c2N1. The van der Waals surface area contributed by atoms with Gasteiger partial charge in [0.25, 0.3) is 0 Å². The van der Waals surface area contributed by atoms with Gasteiger partial charge < -0.3 is 20.9 Å². The van der Waals surface area contributed by atoms with E-state index >= 15 is 0 Å². The highest BCUT2D eigenvalue weighted by atomic mass is 16.5. The second kappa shape index (κ2) is 4.59. The molecule has 1 aromatic heterocycles. The van der Waals surface area contributed by atoms with Crippen molar-refractivity contribution >= 4 is 11.7 Å². The molecule has 1 aromatic rings. The number of nitrogens with two attached hydrogens (primary N) is 1. The van der Waals surface area contributed by atoms with Crippen LogP contribution in [0.4, 0.5) is 5.82 Å². The first-order valence-corrected chi connectivity index (χ1v) is 6.50. The number of nitrogens with zero attached hydrogens (tertiary/aromatic N) is 3. The second-order valence-corrected chi connectivity index (χ2v) is 5.19. The predicted molar refractivity (Wildman–Crippen MR) is 70.7 cm³/mol. The predicted octanol–water partition coefficient (Wildman–Crippen LogP) is 0.600. The van der Waals surface area contributed by atoms with Gasteiger partial charge in [0.05, 0.1) is 19.0 Å². The van der Waals surface area contributed by atoms with Gasteiger partial charge >= 0.3 is 0 Å². The number of rotatable bonds is 2. The highest BCUT2D eigenvalue weighted by Gasteiger charge is 2.35. The topological polar surface area (TPSA) is 97.7 Å². The van der Waals surface area contributed by atoms with Crippen molar-refractivity contribution in [1.29, 1.82) is 0 Å². The summed E-state index contributed by atoms with van der Waals surface area (Å²) in [7, 11) is 0. The number of nitrogens with one attached hydrogen (secondary N) is 1. The van der Waals surface area contributed by atoms with Crippen LogP contribution in [0, 0.1) is 5.92 Å². The van der Waals surface area contributed by atoms with Crippen LogP contribution in [0.1, 0.15) is 38.4 Å². The fourth-order valence-electron chi connectivity index (χ4n) is 2.68. The van der Waals surface area contributed by atoms with Crippen molar-refractivity contribution in [2.24, 2.45) is 16.6 Å². The second-order valence-electron chi connectivity index (χ2n) is 5.19. The zero-order chi connectivity index (χ0) is 13.6. The Bertz CT molecular complexity index is 512. The Balaban J connectivity index is 1.89. The first-order chi connectivity index (χ1) is 9.10. The van der Waals surface area contributed by atoms with Gasteiger partial charge in [0.1, 0.15) is 29.7 Å². The van der Waals surface area contributed by atoms with E-state index < -0.39 is 6.17 Å². The van der Waals surface area contributed by atoms with Crippen LogP contribution in [-0.2, 0) is 4.74 Å². The molecular formula is C12H19N5O2. The summed E-state index contributed by atoms with van der Waals surface area (Å²) in [5, 5.41) is 12.5. The van der Waals surface area contributed by atoms with Crippen LogP contribution in [-0.4, -0.2) is 33.2 Å². The van der Waals surface area contributed by atoms with Crippen molar-refractivity contribution < 1.29 is 9.84 Å². The first-order valence-electron chi connectivity index (χ1n) is 6.50. The summed E-state index contributed by atoms with van der Waals surface area (Å²) in [5.74, 6) is 1.93. The minimum atomic E-state index is -0.426. The number of imidazole rings is 1. The summed E-state index contributed by atoms with van der Waals surface area (Å²) in [6, 6.07) is 0. The Kier molecular flexibility index (Phi) is 3.04. The van der Waals surface area contributed by atoms with Crippen molar-refractivity contribution in [3.63, 3.8) is 0 Å². The number of aromatic nitrogens is 2. The average Bonchev–Trinajstić information content (AvgIpc) is 2.92. The van der Waals surface area contributed by atoms with Crippen LogP contribution in [0.2, 0.25) is 0 Å². The number of aliphatic hydroxyl groups is 1. The number of aliphatic hydroxyl groups excluding tert-OH is 1. The highest BCUT2D eigenvalue weighted by Crippen LogP contribution is 2.37. The Hall–Kier alpha value is -1.44. The minimum Gasteiger partial charge on any atom is -0.394 e. The van der Waals surface area contributed by atoms with Gasteiger partial charge in [0, 0.05) is 0 Å². The van der Waals surface area contributed by atoms with Crippen LogP contribution in [0.25, 0.3) is 0 Å². The standard InChI is InChI=1S/C12H19N5O2/c1-6-3-9(19-8(6)4-18)17-5-14-10-11(13)15-7(2)16-12(10)17/h5-6,8-9,11,18H,3-4,13H2,1-2H3,(H,15,16)/t6?,8-,9+,11?/m1/s1. The lowest BCUT2D eigenvalue weighted by molar-refractivity contribution is -0.0284. The summed E-state index contributed by atoms with van der Waals surface area (Å²) < 4.78 is 7.80. The highest BCUT2D eigenvalue weighted by molar-refractivity contribution is 5.95. The lowest BCUT2D eigenvalue weighted by Gasteiger charge is -2.21. The average molecular weight is 265 g/mol. The van der Waals surface area contributed by atoms with Crippen LogP contribution >= 0.6 is 0 Å². The van der Waals surface area contributed by atoms with E-state index in [2.05, 4.69) is 22.2 Å². The Labute approximate surface area is 111 Å². The zero-order valence-corrected chi connectivity index (χ0v) is 11.1. The molecule has 7 heteroatoms. The molecule has 0 bridgehead atoms. The molecule has 0 spiro atoms. The number of aliphatic imine (C=N–C) groups is 1. The van der Waals surface area contributed by atoms with E-state index in [0.717, 1.165) is 23.8 Å². The maximum atomic E-state index is 9.27. The quantitative estimate of drug-likeness (QED) is 0.727. The Morgan fingerprint density at radius 1 is 1.63 bits per heavy atom. The molecule has 2 unspecified atom stereocenters. The van der Waals surface area contributed by atoms with Gasteiger partial charge in [-0.15, -0.1) is 0 Å². The maximum Gasteiger partial charge on any atom is 0.145 e. The number of anilines is 1. The van der Waals surface area contributed by atoms with Crippen molar-refractivity contribution in [3.05, 3.63) is 12.0 Å². The molecule has 104 valence electrons. The zero-order valence-electron chi connectivity index (χ0n) is 11.1. The van der Waals surface area contributed by atoms with Gasteiger partial charge in [-0.3, -0.25) is 4.57 Å². The van der Waals surface area contributed by atoms with Crippen molar-refractivity contribution in [2.45, 2.75) is 38.8 Å². The number of hydrogen-bond acceptors (Lipinski definition) is 6. The van der Waals surface area contributed by atoms with Gasteiger partial charge in [-0.05, 0) is 19.3 Å². The van der Waals surface area contributed by atoms with Gasteiger partial charge in [0.15, 0.2) is 0 Å². The summed E-state index contributed by atoms with van der Waals surface area (Å²) in [6.07, 6.45) is 1.92. The molecule has 0 saturated carbocycles. The minimum absolute atomic E-state index is 0.0436. The molecule has 0 amide bonds. The third kappa shape index (κ3) is 2.03. The summed E-state index contributed by atoms with van der Waals surface area (Å²) in [6.45, 7) is 3.99. The molecule has 4 atom stereocenters. The van der Waals surface area contributed by atoms with Gasteiger partial charge in [0.2, 0.25) is 0 Å². The molecule has 1 fully saturated rings. The number of fused-ring (bicyclic) bond motifs is 1. The fraction of sp³-hybridized carbons (Fsp3) is 0.667. The van der Waals surface area contributed by atoms with Crippen LogP contribution in [0.3, 0.4) is 0 Å². The Morgan fingerprint density at radius 3 is 3.11 bits per heavy atom. The van der Waals surface area contributed by atoms with Crippen LogP contribution in [0.15, 0.2) is 11.3 Å². The number of amidine groups is 1. The van der Waals surface area contributed by atoms with E-state index in [-0.39, 0.29) is 18.9 Å². The summed E-state index contributed by atoms with van der Waals surface area (Å²) >= 11 is 0. The van der Waals surface area contributed by atoms with Crippen molar-refractivity contribution in [1.82, 2.24) is 9.55 Å².